The molecule has 0 saturated carbocycles. The van der Waals surface area contributed by atoms with Crippen molar-refractivity contribution in [1.82, 2.24) is 15.0 Å². The van der Waals surface area contributed by atoms with Gasteiger partial charge in [-0.1, -0.05) is 48.5 Å². The molecule has 0 spiro atoms. The summed E-state index contributed by atoms with van der Waals surface area (Å²) in [6.45, 7) is 0. The molecule has 6 rings (SSSR count). The minimum Gasteiger partial charge on any atom is -0.302 e. The molecular weight excluding hydrogens is 460 g/mol. The second-order valence-electron chi connectivity index (χ2n) is 8.20. The highest BCUT2D eigenvalue weighted by atomic mass is 32.1. The summed E-state index contributed by atoms with van der Waals surface area (Å²) in [7, 11) is 0. The van der Waals surface area contributed by atoms with Crippen molar-refractivity contribution in [2.24, 2.45) is 0 Å². The summed E-state index contributed by atoms with van der Waals surface area (Å²) in [5.41, 5.74) is 6.65. The van der Waals surface area contributed by atoms with Gasteiger partial charge in [-0.3, -0.25) is 9.97 Å². The second kappa shape index (κ2) is 9.94. The van der Waals surface area contributed by atoms with Crippen LogP contribution in [0, 0.1) is 0 Å². The average Bonchev–Trinajstić information content (AvgIpc) is 3.45. The van der Waals surface area contributed by atoms with Crippen molar-refractivity contribution in [1.29, 1.82) is 0 Å². The molecule has 0 aliphatic carbocycles. The molecule has 0 unspecified atom stereocenters. The average molecular weight is 483 g/mol. The fourth-order valence-electron chi connectivity index (χ4n) is 4.12. The molecule has 0 saturated heterocycles. The van der Waals surface area contributed by atoms with Gasteiger partial charge >= 0.3 is 0 Å². The number of nitrogens with zero attached hydrogens (tertiary/aromatic N) is 4. The van der Waals surface area contributed by atoms with Gasteiger partial charge in [0.25, 0.3) is 0 Å². The van der Waals surface area contributed by atoms with E-state index in [-0.39, 0.29) is 0 Å². The van der Waals surface area contributed by atoms with Gasteiger partial charge in [-0.25, -0.2) is 4.98 Å². The predicted molar refractivity (Wildman–Crippen MR) is 149 cm³/mol. The third kappa shape index (κ3) is 4.52. The molecule has 172 valence electrons. The molecule has 0 radical (unpaired) electrons. The number of hydrogen-bond donors (Lipinski definition) is 0. The van der Waals surface area contributed by atoms with Crippen molar-refractivity contribution in [3.63, 3.8) is 0 Å². The maximum atomic E-state index is 4.91. The lowest BCUT2D eigenvalue weighted by molar-refractivity contribution is 1.22. The van der Waals surface area contributed by atoms with Crippen LogP contribution in [0.1, 0.15) is 0 Å². The van der Waals surface area contributed by atoms with E-state index in [9.17, 15) is 0 Å². The third-order valence-electron chi connectivity index (χ3n) is 5.81. The van der Waals surface area contributed by atoms with E-state index < -0.39 is 0 Å². The molecule has 6 aromatic rings. The number of anilines is 3. The van der Waals surface area contributed by atoms with E-state index in [4.69, 9.17) is 4.98 Å². The zero-order chi connectivity index (χ0) is 24.2. The van der Waals surface area contributed by atoms with Crippen LogP contribution in [0.4, 0.5) is 16.4 Å². The van der Waals surface area contributed by atoms with Crippen LogP contribution >= 0.6 is 11.3 Å². The Labute approximate surface area is 214 Å². The minimum absolute atomic E-state index is 0.826. The van der Waals surface area contributed by atoms with E-state index in [0.717, 1.165) is 49.6 Å². The van der Waals surface area contributed by atoms with Crippen molar-refractivity contribution in [2.75, 3.05) is 4.90 Å². The van der Waals surface area contributed by atoms with E-state index in [2.05, 4.69) is 87.7 Å². The number of pyridine rings is 3. The molecule has 2 aromatic carbocycles. The van der Waals surface area contributed by atoms with E-state index in [0.29, 0.717) is 0 Å². The summed E-state index contributed by atoms with van der Waals surface area (Å²) in [6.07, 6.45) is 3.59. The van der Waals surface area contributed by atoms with Gasteiger partial charge in [-0.15, -0.1) is 11.3 Å². The molecule has 0 fully saturated rings. The molecule has 4 heterocycles. The molecule has 0 N–H and O–H groups in total. The second-order valence-corrected chi connectivity index (χ2v) is 9.26. The Morgan fingerprint density at radius 2 is 1.03 bits per heavy atom. The van der Waals surface area contributed by atoms with Crippen molar-refractivity contribution < 1.29 is 0 Å². The highest BCUT2D eigenvalue weighted by molar-refractivity contribution is 7.19. The lowest BCUT2D eigenvalue weighted by Gasteiger charge is -2.23. The molecule has 36 heavy (non-hydrogen) atoms. The fraction of sp³-hybridized carbons (Fsp3) is 0. The van der Waals surface area contributed by atoms with Gasteiger partial charge in [0.15, 0.2) is 0 Å². The van der Waals surface area contributed by atoms with Gasteiger partial charge in [-0.05, 0) is 78.4 Å². The highest BCUT2D eigenvalue weighted by Crippen LogP contribution is 2.42. The van der Waals surface area contributed by atoms with Crippen LogP contribution in [0.15, 0.2) is 134 Å². The number of para-hydroxylation sites is 2. The molecule has 4 nitrogen and oxygen atoms in total. The van der Waals surface area contributed by atoms with Gasteiger partial charge in [0, 0.05) is 28.6 Å². The summed E-state index contributed by atoms with van der Waals surface area (Å²) >= 11 is 1.75. The van der Waals surface area contributed by atoms with Gasteiger partial charge in [0.2, 0.25) is 0 Å². The molecule has 5 heteroatoms. The van der Waals surface area contributed by atoms with Crippen LogP contribution in [0.25, 0.3) is 33.2 Å². The highest BCUT2D eigenvalue weighted by Gasteiger charge is 2.16. The Morgan fingerprint density at radius 3 is 1.53 bits per heavy atom. The van der Waals surface area contributed by atoms with Crippen LogP contribution in [0.2, 0.25) is 0 Å². The van der Waals surface area contributed by atoms with Crippen molar-refractivity contribution in [3.8, 4) is 33.2 Å². The van der Waals surface area contributed by atoms with Crippen LogP contribution < -0.4 is 4.90 Å². The van der Waals surface area contributed by atoms with Crippen molar-refractivity contribution in [3.05, 3.63) is 134 Å². The Hall–Kier alpha value is -4.61. The predicted octanol–water partition coefficient (Wildman–Crippen LogP) is 8.40. The lowest BCUT2D eigenvalue weighted by atomic mass is 10.1. The summed E-state index contributed by atoms with van der Waals surface area (Å²) in [6, 6.07) is 41.3. The van der Waals surface area contributed by atoms with Gasteiger partial charge in [-0.2, -0.15) is 0 Å². The van der Waals surface area contributed by atoms with Crippen molar-refractivity contribution >= 4 is 27.7 Å². The Morgan fingerprint density at radius 1 is 0.500 bits per heavy atom. The Kier molecular flexibility index (Phi) is 6.04. The molecule has 0 aliphatic rings. The summed E-state index contributed by atoms with van der Waals surface area (Å²) in [5.74, 6) is 0. The minimum atomic E-state index is 0.826. The summed E-state index contributed by atoms with van der Waals surface area (Å²) in [5, 5.41) is 1.14. The maximum absolute atomic E-state index is 4.91. The van der Waals surface area contributed by atoms with Crippen molar-refractivity contribution in [2.45, 2.75) is 0 Å². The van der Waals surface area contributed by atoms with Crippen LogP contribution in [0.3, 0.4) is 0 Å². The van der Waals surface area contributed by atoms with Gasteiger partial charge in [0.1, 0.15) is 5.00 Å². The Balaban J connectivity index is 1.47. The third-order valence-corrected chi connectivity index (χ3v) is 6.92. The fourth-order valence-corrected chi connectivity index (χ4v) is 5.16. The summed E-state index contributed by atoms with van der Waals surface area (Å²) < 4.78 is 0. The van der Waals surface area contributed by atoms with E-state index in [1.54, 1.807) is 23.7 Å². The Bertz CT molecular complexity index is 1470. The molecular formula is C31H22N4S. The molecule has 0 bridgehead atoms. The number of thiophene rings is 1. The first-order valence-electron chi connectivity index (χ1n) is 11.7. The molecule has 0 aliphatic heterocycles. The van der Waals surface area contributed by atoms with Crippen LogP contribution in [-0.2, 0) is 0 Å². The quantitative estimate of drug-likeness (QED) is 0.239. The number of aromatic nitrogens is 3. The van der Waals surface area contributed by atoms with E-state index in [1.165, 1.54) is 0 Å². The first-order chi connectivity index (χ1) is 17.8. The standard InChI is InChI=1S/C31H22N4S/c1-3-11-24(12-4-1)35(25-13-5-2-6-14-25)31-18-17-30(36-31)23-21-28(26-15-7-9-19-32-26)34-29(22-23)27-16-8-10-20-33-27/h1-22H. The normalized spacial score (nSPS) is 10.8. The zero-order valence-corrected chi connectivity index (χ0v) is 20.2. The molecule has 0 amide bonds. The number of hydrogen-bond acceptors (Lipinski definition) is 5. The SMILES string of the molecule is c1ccc(N(c2ccccc2)c2ccc(-c3cc(-c4ccccn4)nc(-c4ccccn4)c3)s2)cc1. The van der Waals surface area contributed by atoms with Crippen LogP contribution in [-0.4, -0.2) is 15.0 Å². The van der Waals surface area contributed by atoms with E-state index >= 15 is 0 Å². The molecule has 4 aromatic heterocycles. The first kappa shape index (κ1) is 21.9. The lowest BCUT2D eigenvalue weighted by Crippen LogP contribution is -2.07. The first-order valence-corrected chi connectivity index (χ1v) is 12.5. The van der Waals surface area contributed by atoms with Gasteiger partial charge < -0.3 is 4.90 Å². The smallest absolute Gasteiger partial charge is 0.101 e. The summed E-state index contributed by atoms with van der Waals surface area (Å²) in [4.78, 5) is 17.4. The zero-order valence-electron chi connectivity index (χ0n) is 19.4. The van der Waals surface area contributed by atoms with Crippen LogP contribution in [0.5, 0.6) is 0 Å². The number of rotatable bonds is 6. The van der Waals surface area contributed by atoms with E-state index in [1.807, 2.05) is 48.5 Å². The number of benzene rings is 2. The van der Waals surface area contributed by atoms with Gasteiger partial charge in [0.05, 0.1) is 22.8 Å². The largest absolute Gasteiger partial charge is 0.302 e. The monoisotopic (exact) mass is 482 g/mol. The molecule has 0 atom stereocenters. The maximum Gasteiger partial charge on any atom is 0.101 e. The topological polar surface area (TPSA) is 41.9 Å².